The molecule has 1 aromatic heterocycles. The first-order valence-electron chi connectivity index (χ1n) is 13.1. The standard InChI is InChI=1S/C31H33N3O4/c1-23(25-11-4-2-5-12-25)34(20-24-10-8-15-27(18-24)38-26-13-6-3-7-14-26)21-30-33-29(22-37-30)31(35)32-19-28-16-9-17-36-28/h2-8,10-15,18,22-23,28H,9,16-17,19-21H2,1H3,(H,32,35). The fraction of sp³-hybridized carbons (Fsp3) is 0.290. The Labute approximate surface area is 223 Å². The van der Waals surface area contributed by atoms with Gasteiger partial charge in [0, 0.05) is 25.7 Å². The zero-order valence-electron chi connectivity index (χ0n) is 21.6. The van der Waals surface area contributed by atoms with Crippen molar-refractivity contribution in [2.24, 2.45) is 0 Å². The van der Waals surface area contributed by atoms with Gasteiger partial charge in [0.2, 0.25) is 5.89 Å². The van der Waals surface area contributed by atoms with Crippen LogP contribution in [0, 0.1) is 0 Å². The second-order valence-electron chi connectivity index (χ2n) is 9.53. The van der Waals surface area contributed by atoms with Gasteiger partial charge in [-0.2, -0.15) is 0 Å². The van der Waals surface area contributed by atoms with E-state index in [-0.39, 0.29) is 23.7 Å². The number of nitrogens with zero attached hydrogens (tertiary/aromatic N) is 2. The largest absolute Gasteiger partial charge is 0.457 e. The van der Waals surface area contributed by atoms with E-state index >= 15 is 0 Å². The van der Waals surface area contributed by atoms with Crippen molar-refractivity contribution in [3.8, 4) is 11.5 Å². The molecular formula is C31H33N3O4. The van der Waals surface area contributed by atoms with Crippen molar-refractivity contribution in [1.29, 1.82) is 0 Å². The Morgan fingerprint density at radius 2 is 1.79 bits per heavy atom. The third-order valence-corrected chi connectivity index (χ3v) is 6.73. The van der Waals surface area contributed by atoms with Crippen LogP contribution in [0.5, 0.6) is 11.5 Å². The van der Waals surface area contributed by atoms with Crippen molar-refractivity contribution in [2.45, 2.75) is 45.0 Å². The lowest BCUT2D eigenvalue weighted by Gasteiger charge is -2.28. The highest BCUT2D eigenvalue weighted by Gasteiger charge is 2.22. The van der Waals surface area contributed by atoms with Crippen LogP contribution >= 0.6 is 0 Å². The minimum Gasteiger partial charge on any atom is -0.457 e. The van der Waals surface area contributed by atoms with Gasteiger partial charge in [0.15, 0.2) is 5.69 Å². The van der Waals surface area contributed by atoms with Gasteiger partial charge < -0.3 is 19.2 Å². The molecule has 2 unspecified atom stereocenters. The molecule has 1 N–H and O–H groups in total. The number of aromatic nitrogens is 1. The molecule has 3 aromatic carbocycles. The van der Waals surface area contributed by atoms with E-state index in [2.05, 4.69) is 46.4 Å². The van der Waals surface area contributed by atoms with Gasteiger partial charge in [0.1, 0.15) is 17.8 Å². The lowest BCUT2D eigenvalue weighted by Crippen LogP contribution is -2.32. The molecule has 0 spiro atoms. The van der Waals surface area contributed by atoms with Gasteiger partial charge in [-0.05, 0) is 55.2 Å². The van der Waals surface area contributed by atoms with Crippen LogP contribution in [0.2, 0.25) is 0 Å². The summed E-state index contributed by atoms with van der Waals surface area (Å²) in [4.78, 5) is 19.4. The average molecular weight is 512 g/mol. The summed E-state index contributed by atoms with van der Waals surface area (Å²) in [6.45, 7) is 4.49. The Bertz CT molecular complexity index is 1300. The van der Waals surface area contributed by atoms with Crippen molar-refractivity contribution < 1.29 is 18.7 Å². The predicted molar refractivity (Wildman–Crippen MR) is 145 cm³/mol. The Hall–Kier alpha value is -3.94. The summed E-state index contributed by atoms with van der Waals surface area (Å²) in [6.07, 6.45) is 3.51. The maximum absolute atomic E-state index is 12.6. The maximum Gasteiger partial charge on any atom is 0.273 e. The third-order valence-electron chi connectivity index (χ3n) is 6.73. The smallest absolute Gasteiger partial charge is 0.273 e. The SMILES string of the molecule is CC(c1ccccc1)N(Cc1cccc(Oc2ccccc2)c1)Cc1nc(C(=O)NCC2CCCO2)co1. The Balaban J connectivity index is 1.30. The highest BCUT2D eigenvalue weighted by Crippen LogP contribution is 2.27. The van der Waals surface area contributed by atoms with E-state index in [1.54, 1.807) is 0 Å². The van der Waals surface area contributed by atoms with Crippen LogP contribution in [0.1, 0.15) is 53.3 Å². The van der Waals surface area contributed by atoms with Crippen LogP contribution in [0.15, 0.2) is 95.6 Å². The summed E-state index contributed by atoms with van der Waals surface area (Å²) < 4.78 is 17.4. The zero-order chi connectivity index (χ0) is 26.2. The van der Waals surface area contributed by atoms with Gasteiger partial charge in [-0.15, -0.1) is 0 Å². The fourth-order valence-corrected chi connectivity index (χ4v) is 4.60. The highest BCUT2D eigenvalue weighted by atomic mass is 16.5. The fourth-order valence-electron chi connectivity index (χ4n) is 4.60. The molecule has 1 aliphatic rings. The number of carbonyl (C=O) groups excluding carboxylic acids is 1. The molecule has 5 rings (SSSR count). The van der Waals surface area contributed by atoms with E-state index in [1.165, 1.54) is 11.8 Å². The average Bonchev–Trinajstić information content (AvgIpc) is 3.65. The van der Waals surface area contributed by atoms with Crippen LogP contribution in [-0.4, -0.2) is 35.0 Å². The number of rotatable bonds is 11. The van der Waals surface area contributed by atoms with Gasteiger partial charge in [-0.1, -0.05) is 60.7 Å². The second kappa shape index (κ2) is 12.5. The first-order valence-corrected chi connectivity index (χ1v) is 13.1. The lowest BCUT2D eigenvalue weighted by molar-refractivity contribution is 0.0853. The molecule has 7 nitrogen and oxygen atoms in total. The number of nitrogens with one attached hydrogen (secondary N) is 1. The topological polar surface area (TPSA) is 76.8 Å². The quantitative estimate of drug-likeness (QED) is 0.261. The molecule has 196 valence electrons. The van der Waals surface area contributed by atoms with Crippen LogP contribution in [0.4, 0.5) is 0 Å². The number of hydrogen-bond donors (Lipinski definition) is 1. The molecule has 2 atom stereocenters. The van der Waals surface area contributed by atoms with Crippen LogP contribution in [0.3, 0.4) is 0 Å². The molecule has 1 saturated heterocycles. The number of ether oxygens (including phenoxy) is 2. The summed E-state index contributed by atoms with van der Waals surface area (Å²) >= 11 is 0. The summed E-state index contributed by atoms with van der Waals surface area (Å²) in [6, 6.07) is 28.3. The first kappa shape index (κ1) is 25.7. The number of para-hydroxylation sites is 1. The maximum atomic E-state index is 12.6. The molecular weight excluding hydrogens is 478 g/mol. The lowest BCUT2D eigenvalue weighted by atomic mass is 10.1. The summed E-state index contributed by atoms with van der Waals surface area (Å²) in [5, 5.41) is 2.91. The summed E-state index contributed by atoms with van der Waals surface area (Å²) in [5.41, 5.74) is 2.57. The van der Waals surface area contributed by atoms with Crippen molar-refractivity contribution in [2.75, 3.05) is 13.2 Å². The molecule has 1 fully saturated rings. The monoisotopic (exact) mass is 511 g/mol. The minimum atomic E-state index is -0.246. The highest BCUT2D eigenvalue weighted by molar-refractivity contribution is 5.91. The van der Waals surface area contributed by atoms with Gasteiger partial charge in [-0.25, -0.2) is 4.98 Å². The minimum absolute atomic E-state index is 0.0779. The van der Waals surface area contributed by atoms with Gasteiger partial charge in [-0.3, -0.25) is 9.69 Å². The molecule has 0 bridgehead atoms. The molecule has 0 radical (unpaired) electrons. The predicted octanol–water partition coefficient (Wildman–Crippen LogP) is 6.14. The second-order valence-corrected chi connectivity index (χ2v) is 9.53. The zero-order valence-corrected chi connectivity index (χ0v) is 21.6. The van der Waals surface area contributed by atoms with Gasteiger partial charge in [0.25, 0.3) is 5.91 Å². The molecule has 2 heterocycles. The number of amides is 1. The number of benzene rings is 3. The van der Waals surface area contributed by atoms with E-state index in [9.17, 15) is 4.79 Å². The normalized spacial score (nSPS) is 15.9. The van der Waals surface area contributed by atoms with E-state index in [0.29, 0.717) is 25.5 Å². The molecule has 1 aliphatic heterocycles. The van der Waals surface area contributed by atoms with E-state index in [0.717, 1.165) is 36.5 Å². The first-order chi connectivity index (χ1) is 18.6. The van der Waals surface area contributed by atoms with E-state index in [1.807, 2.05) is 60.7 Å². The molecule has 0 aliphatic carbocycles. The third kappa shape index (κ3) is 6.88. The number of hydrogen-bond acceptors (Lipinski definition) is 6. The van der Waals surface area contributed by atoms with E-state index < -0.39 is 0 Å². The number of oxazole rings is 1. The summed E-state index contributed by atoms with van der Waals surface area (Å²) in [7, 11) is 0. The molecule has 38 heavy (non-hydrogen) atoms. The Morgan fingerprint density at radius 3 is 2.55 bits per heavy atom. The van der Waals surface area contributed by atoms with Crippen molar-refractivity contribution in [1.82, 2.24) is 15.2 Å². The van der Waals surface area contributed by atoms with Crippen LogP contribution < -0.4 is 10.1 Å². The molecule has 7 heteroatoms. The van der Waals surface area contributed by atoms with Crippen molar-refractivity contribution in [3.63, 3.8) is 0 Å². The van der Waals surface area contributed by atoms with Gasteiger partial charge in [0.05, 0.1) is 12.6 Å². The molecule has 1 amide bonds. The Kier molecular flexibility index (Phi) is 8.48. The van der Waals surface area contributed by atoms with Crippen LogP contribution in [0.25, 0.3) is 0 Å². The number of carbonyl (C=O) groups is 1. The van der Waals surface area contributed by atoms with Crippen molar-refractivity contribution in [3.05, 3.63) is 114 Å². The Morgan fingerprint density at radius 1 is 1.03 bits per heavy atom. The van der Waals surface area contributed by atoms with Crippen molar-refractivity contribution >= 4 is 5.91 Å². The molecule has 4 aromatic rings. The van der Waals surface area contributed by atoms with Crippen LogP contribution in [-0.2, 0) is 17.8 Å². The van der Waals surface area contributed by atoms with Gasteiger partial charge >= 0.3 is 0 Å². The summed E-state index contributed by atoms with van der Waals surface area (Å²) in [5.74, 6) is 1.82. The van der Waals surface area contributed by atoms with E-state index in [4.69, 9.17) is 13.9 Å². The molecule has 0 saturated carbocycles.